The summed E-state index contributed by atoms with van der Waals surface area (Å²) in [6.45, 7) is 5.77. The molecule has 2 aromatic heterocycles. The maximum atomic E-state index is 13.7. The van der Waals surface area contributed by atoms with Gasteiger partial charge < -0.3 is 29.4 Å². The number of carbonyl (C=O) groups is 1. The number of nitrogens with zero attached hydrogens (tertiary/aromatic N) is 4. The number of para-hydroxylation sites is 3. The Morgan fingerprint density at radius 1 is 1.09 bits per heavy atom. The van der Waals surface area contributed by atoms with Gasteiger partial charge in [-0.25, -0.2) is 9.78 Å². The van der Waals surface area contributed by atoms with Crippen LogP contribution < -0.4 is 15.6 Å². The number of hydrogen-bond acceptors (Lipinski definition) is 8. The molecule has 11 heteroatoms. The zero-order valence-corrected chi connectivity index (χ0v) is 25.4. The first kappa shape index (κ1) is 28.5. The van der Waals surface area contributed by atoms with Gasteiger partial charge >= 0.3 is 5.97 Å². The number of aromatic nitrogens is 2. The van der Waals surface area contributed by atoms with E-state index in [1.807, 2.05) is 42.5 Å². The van der Waals surface area contributed by atoms with Crippen LogP contribution >= 0.6 is 12.2 Å². The lowest BCUT2D eigenvalue weighted by Crippen LogP contribution is -2.49. The summed E-state index contributed by atoms with van der Waals surface area (Å²) in [6.07, 6.45) is 0.106. The molecule has 0 amide bonds. The molecule has 2 aromatic carbocycles. The molecule has 0 saturated carbocycles. The summed E-state index contributed by atoms with van der Waals surface area (Å²) in [5, 5.41) is 16.3. The lowest BCUT2D eigenvalue weighted by atomic mass is 9.86. The predicted octanol–water partition coefficient (Wildman–Crippen LogP) is 3.60. The minimum Gasteiger partial charge on any atom is -0.495 e. The van der Waals surface area contributed by atoms with Crippen LogP contribution in [-0.4, -0.2) is 68.8 Å². The Hall–Kier alpha value is -4.32. The predicted molar refractivity (Wildman–Crippen MR) is 171 cm³/mol. The second-order valence-corrected chi connectivity index (χ2v) is 11.8. The maximum absolute atomic E-state index is 13.7. The van der Waals surface area contributed by atoms with Crippen LogP contribution in [-0.2, 0) is 34.8 Å². The molecule has 7 rings (SSSR count). The lowest BCUT2D eigenvalue weighted by Gasteiger charge is -2.36. The summed E-state index contributed by atoms with van der Waals surface area (Å²) in [5.41, 5.74) is 3.68. The van der Waals surface area contributed by atoms with Gasteiger partial charge in [-0.2, -0.15) is 0 Å². The second kappa shape index (κ2) is 11.0. The molecule has 5 heterocycles. The van der Waals surface area contributed by atoms with Crippen LogP contribution in [0, 0.1) is 0 Å². The Labute approximate surface area is 259 Å². The number of piperazine rings is 1. The Morgan fingerprint density at radius 3 is 2.61 bits per heavy atom. The summed E-state index contributed by atoms with van der Waals surface area (Å²) in [5.74, 6) is 0.0188. The Morgan fingerprint density at radius 2 is 1.84 bits per heavy atom. The zero-order chi connectivity index (χ0) is 30.6. The number of methoxy groups -OCH3 is 1. The van der Waals surface area contributed by atoms with Gasteiger partial charge in [0, 0.05) is 49.2 Å². The third-order valence-electron chi connectivity index (χ3n) is 9.10. The molecular weight excluding hydrogens is 578 g/mol. The van der Waals surface area contributed by atoms with Crippen LogP contribution in [0.4, 0.5) is 5.69 Å². The average molecular weight is 612 g/mol. The quantitative estimate of drug-likeness (QED) is 0.226. The number of hydrogen-bond donors (Lipinski definition) is 2. The van der Waals surface area contributed by atoms with E-state index >= 15 is 0 Å². The second-order valence-electron chi connectivity index (χ2n) is 11.4. The minimum atomic E-state index is -1.86. The number of cyclic esters (lactones) is 1. The highest BCUT2D eigenvalue weighted by atomic mass is 32.1. The smallest absolute Gasteiger partial charge is 0.343 e. The summed E-state index contributed by atoms with van der Waals surface area (Å²) in [7, 11) is 1.64. The number of carbonyl (C=O) groups excluding carboxylic acids is 1. The molecule has 44 heavy (non-hydrogen) atoms. The molecule has 226 valence electrons. The van der Waals surface area contributed by atoms with Gasteiger partial charge in [-0.3, -0.25) is 9.69 Å². The molecule has 0 spiro atoms. The van der Waals surface area contributed by atoms with Crippen molar-refractivity contribution in [1.82, 2.24) is 19.4 Å². The topological polar surface area (TPSA) is 109 Å². The Kier molecular flexibility index (Phi) is 7.11. The van der Waals surface area contributed by atoms with E-state index in [9.17, 15) is 14.7 Å². The lowest BCUT2D eigenvalue weighted by molar-refractivity contribution is -0.172. The first-order valence-electron chi connectivity index (χ1n) is 14.8. The largest absolute Gasteiger partial charge is 0.495 e. The van der Waals surface area contributed by atoms with E-state index in [1.165, 1.54) is 0 Å². The van der Waals surface area contributed by atoms with E-state index in [2.05, 4.69) is 21.2 Å². The highest BCUT2D eigenvalue weighted by Crippen LogP contribution is 2.40. The van der Waals surface area contributed by atoms with Crippen molar-refractivity contribution in [3.63, 3.8) is 0 Å². The van der Waals surface area contributed by atoms with E-state index in [0.29, 0.717) is 35.0 Å². The van der Waals surface area contributed by atoms with Crippen molar-refractivity contribution < 1.29 is 19.4 Å². The van der Waals surface area contributed by atoms with E-state index in [4.69, 9.17) is 26.7 Å². The summed E-state index contributed by atoms with van der Waals surface area (Å²) in [6, 6.07) is 17.5. The SMILES string of the molecule is CC[C@@]1(O)C(=O)OCc2c1cc1n(c2=O)Cc2c-1nc1ccccc1c2CN1CCN(C(=S)Nc2ccccc2OC)CC1. The van der Waals surface area contributed by atoms with Crippen LogP contribution in [0.5, 0.6) is 5.75 Å². The Bertz CT molecular complexity index is 1880. The summed E-state index contributed by atoms with van der Waals surface area (Å²) < 4.78 is 12.4. The van der Waals surface area contributed by atoms with Crippen molar-refractivity contribution >= 4 is 39.9 Å². The number of nitrogens with one attached hydrogen (secondary N) is 1. The van der Waals surface area contributed by atoms with E-state index in [1.54, 1.807) is 24.7 Å². The molecule has 3 aliphatic heterocycles. The molecule has 0 unspecified atom stereocenters. The van der Waals surface area contributed by atoms with Crippen molar-refractivity contribution in [2.45, 2.75) is 38.6 Å². The molecule has 0 bridgehead atoms. The summed E-state index contributed by atoms with van der Waals surface area (Å²) in [4.78, 5) is 35.9. The van der Waals surface area contributed by atoms with Gasteiger partial charge in [-0.05, 0) is 48.5 Å². The van der Waals surface area contributed by atoms with Gasteiger partial charge in [0.2, 0.25) is 0 Å². The normalized spacial score (nSPS) is 19.2. The van der Waals surface area contributed by atoms with Crippen molar-refractivity contribution in [3.8, 4) is 17.1 Å². The molecule has 0 aliphatic carbocycles. The third-order valence-corrected chi connectivity index (χ3v) is 9.46. The first-order chi connectivity index (χ1) is 21.3. The highest BCUT2D eigenvalue weighted by Gasteiger charge is 2.45. The fourth-order valence-corrected chi connectivity index (χ4v) is 6.86. The van der Waals surface area contributed by atoms with Crippen molar-refractivity contribution in [3.05, 3.63) is 87.2 Å². The number of benzene rings is 2. The number of aliphatic hydroxyl groups is 1. The maximum Gasteiger partial charge on any atom is 0.343 e. The number of esters is 1. The van der Waals surface area contributed by atoms with Crippen LogP contribution in [0.1, 0.15) is 35.6 Å². The van der Waals surface area contributed by atoms with Crippen LogP contribution in [0.3, 0.4) is 0 Å². The van der Waals surface area contributed by atoms with Gasteiger partial charge in [0.1, 0.15) is 12.4 Å². The molecule has 10 nitrogen and oxygen atoms in total. The average Bonchev–Trinajstić information content (AvgIpc) is 3.42. The standard InChI is InChI=1S/C33H33N5O5S/c1-3-33(41)24-16-27-29-22(18-38(27)30(39)23(24)19-43-31(33)40)21(20-8-4-5-9-25(20)34-29)17-36-12-14-37(15-13-36)32(44)35-26-10-6-7-11-28(26)42-2/h4-11,16,41H,3,12-15,17-19H2,1-2H3,(H,35,44)/t33-/m0/s1. The third kappa shape index (κ3) is 4.54. The van der Waals surface area contributed by atoms with Gasteiger partial charge in [-0.1, -0.05) is 37.3 Å². The number of thiocarbonyl (C=S) groups is 1. The van der Waals surface area contributed by atoms with Crippen LogP contribution in [0.15, 0.2) is 59.4 Å². The molecule has 0 radical (unpaired) electrons. The molecule has 3 aliphatic rings. The Balaban J connectivity index is 1.18. The monoisotopic (exact) mass is 611 g/mol. The van der Waals surface area contributed by atoms with Crippen molar-refractivity contribution in [2.75, 3.05) is 38.6 Å². The highest BCUT2D eigenvalue weighted by molar-refractivity contribution is 7.80. The van der Waals surface area contributed by atoms with Gasteiger partial charge in [0.05, 0.1) is 41.8 Å². The number of pyridine rings is 2. The molecule has 1 fully saturated rings. The number of anilines is 1. The fourth-order valence-electron chi connectivity index (χ4n) is 6.57. The molecule has 1 atom stereocenters. The number of ether oxygens (including phenoxy) is 2. The van der Waals surface area contributed by atoms with Crippen LogP contribution in [0.2, 0.25) is 0 Å². The summed E-state index contributed by atoms with van der Waals surface area (Å²) >= 11 is 5.74. The molecule has 4 aromatic rings. The zero-order valence-electron chi connectivity index (χ0n) is 24.6. The first-order valence-corrected chi connectivity index (χ1v) is 15.2. The van der Waals surface area contributed by atoms with Gasteiger partial charge in [0.25, 0.3) is 5.56 Å². The van der Waals surface area contributed by atoms with E-state index in [0.717, 1.165) is 65.3 Å². The van der Waals surface area contributed by atoms with Crippen molar-refractivity contribution in [2.24, 2.45) is 0 Å². The number of fused-ring (bicyclic) bond motifs is 5. The van der Waals surface area contributed by atoms with E-state index < -0.39 is 11.6 Å². The molecule has 1 saturated heterocycles. The van der Waals surface area contributed by atoms with Gasteiger partial charge in [-0.15, -0.1) is 0 Å². The van der Waals surface area contributed by atoms with Crippen molar-refractivity contribution in [1.29, 1.82) is 0 Å². The number of rotatable bonds is 5. The minimum absolute atomic E-state index is 0.106. The van der Waals surface area contributed by atoms with Gasteiger partial charge in [0.15, 0.2) is 10.7 Å². The fraction of sp³-hybridized carbons (Fsp3) is 0.333. The van der Waals surface area contributed by atoms with E-state index in [-0.39, 0.29) is 18.6 Å². The molecule has 2 N–H and O–H groups in total. The van der Waals surface area contributed by atoms with Crippen LogP contribution in [0.25, 0.3) is 22.3 Å². The molecular formula is C33H33N5O5S.